The summed E-state index contributed by atoms with van der Waals surface area (Å²) in [5.74, 6) is 0. The fraction of sp³-hybridized carbons (Fsp3) is 0.273. The van der Waals surface area contributed by atoms with E-state index in [9.17, 15) is 0 Å². The fourth-order valence-corrected chi connectivity index (χ4v) is 1.10. The van der Waals surface area contributed by atoms with Gasteiger partial charge in [0.2, 0.25) is 0 Å². The van der Waals surface area contributed by atoms with Crippen LogP contribution in [0.2, 0.25) is 0 Å². The summed E-state index contributed by atoms with van der Waals surface area (Å²) in [6, 6.07) is 0. The van der Waals surface area contributed by atoms with Gasteiger partial charge < -0.3 is 10.6 Å². The zero-order valence-electron chi connectivity index (χ0n) is 8.25. The minimum Gasteiger partial charge on any atom is -0.357 e. The van der Waals surface area contributed by atoms with E-state index in [1.165, 1.54) is 0 Å². The Morgan fingerprint density at radius 1 is 1.69 bits per heavy atom. The third kappa shape index (κ3) is 2.60. The number of allylic oxidation sites excluding steroid dienone is 4. The molecule has 0 saturated heterocycles. The highest BCUT2D eigenvalue weighted by Gasteiger charge is 2.03. The third-order valence-electron chi connectivity index (χ3n) is 1.95. The third-order valence-corrected chi connectivity index (χ3v) is 1.95. The van der Waals surface area contributed by atoms with Crippen LogP contribution in [0.1, 0.15) is 6.92 Å². The van der Waals surface area contributed by atoms with Gasteiger partial charge in [0.05, 0.1) is 0 Å². The summed E-state index contributed by atoms with van der Waals surface area (Å²) < 4.78 is 0. The maximum absolute atomic E-state index is 5.51. The van der Waals surface area contributed by atoms with Gasteiger partial charge in [-0.3, -0.25) is 0 Å². The highest BCUT2D eigenvalue weighted by molar-refractivity contribution is 5.47. The Balaban J connectivity index is 2.85. The van der Waals surface area contributed by atoms with Gasteiger partial charge in [0.1, 0.15) is 0 Å². The Morgan fingerprint density at radius 2 is 2.38 bits per heavy atom. The molecule has 1 rings (SSSR count). The number of hydrogen-bond acceptors (Lipinski definition) is 2. The van der Waals surface area contributed by atoms with Crippen LogP contribution in [0.5, 0.6) is 0 Å². The van der Waals surface area contributed by atoms with Crippen molar-refractivity contribution < 1.29 is 0 Å². The van der Waals surface area contributed by atoms with Crippen molar-refractivity contribution in [2.24, 2.45) is 5.73 Å². The van der Waals surface area contributed by atoms with E-state index in [0.29, 0.717) is 6.54 Å². The van der Waals surface area contributed by atoms with Gasteiger partial charge in [0.15, 0.2) is 0 Å². The Kier molecular flexibility index (Phi) is 3.09. The predicted octanol–water partition coefficient (Wildman–Crippen LogP) is 1.79. The monoisotopic (exact) mass is 176 g/mol. The van der Waals surface area contributed by atoms with E-state index in [-0.39, 0.29) is 0 Å². The van der Waals surface area contributed by atoms with Gasteiger partial charge in [-0.05, 0) is 24.1 Å². The molecule has 2 N–H and O–H groups in total. The normalized spacial score (nSPS) is 17.8. The summed E-state index contributed by atoms with van der Waals surface area (Å²) in [7, 11) is 1.99. The molecular formula is C11H16N2. The molecule has 0 fully saturated rings. The Bertz CT molecular complexity index is 295. The molecule has 1 aliphatic rings. The standard InChI is InChI=1S/C11H16N2/c1-9(7-12)6-11-8-13(3)5-4-10(11)2/h4-6,8H,2,7,12H2,1,3H3/b9-6+. The van der Waals surface area contributed by atoms with Crippen LogP contribution in [0.25, 0.3) is 0 Å². The molecule has 0 aromatic carbocycles. The first-order valence-corrected chi connectivity index (χ1v) is 4.32. The minimum atomic E-state index is 0.595. The van der Waals surface area contributed by atoms with Crippen LogP contribution in [-0.2, 0) is 0 Å². The van der Waals surface area contributed by atoms with E-state index in [2.05, 4.69) is 12.7 Å². The van der Waals surface area contributed by atoms with Crippen LogP contribution < -0.4 is 5.73 Å². The lowest BCUT2D eigenvalue weighted by Gasteiger charge is -2.16. The quantitative estimate of drug-likeness (QED) is 0.695. The molecule has 0 saturated carbocycles. The van der Waals surface area contributed by atoms with E-state index >= 15 is 0 Å². The SMILES string of the molecule is C=C1C=CN(C)C=C1/C=C(\C)CN. The van der Waals surface area contributed by atoms with Crippen LogP contribution in [0.3, 0.4) is 0 Å². The molecule has 2 heteroatoms. The summed E-state index contributed by atoms with van der Waals surface area (Å²) >= 11 is 0. The van der Waals surface area contributed by atoms with E-state index < -0.39 is 0 Å². The first kappa shape index (κ1) is 9.81. The molecule has 70 valence electrons. The van der Waals surface area contributed by atoms with Crippen LogP contribution in [-0.4, -0.2) is 18.5 Å². The van der Waals surface area contributed by atoms with E-state index in [0.717, 1.165) is 16.7 Å². The van der Waals surface area contributed by atoms with Crippen LogP contribution >= 0.6 is 0 Å². The predicted molar refractivity (Wildman–Crippen MR) is 56.9 cm³/mol. The van der Waals surface area contributed by atoms with Gasteiger partial charge >= 0.3 is 0 Å². The Hall–Kier alpha value is -1.28. The average Bonchev–Trinajstić information content (AvgIpc) is 2.11. The van der Waals surface area contributed by atoms with Crippen LogP contribution in [0.15, 0.2) is 47.9 Å². The lowest BCUT2D eigenvalue weighted by molar-refractivity contribution is 0.615. The fourth-order valence-electron chi connectivity index (χ4n) is 1.10. The molecule has 0 spiro atoms. The zero-order chi connectivity index (χ0) is 9.84. The molecule has 0 bridgehead atoms. The number of hydrogen-bond donors (Lipinski definition) is 1. The van der Waals surface area contributed by atoms with Crippen molar-refractivity contribution in [2.45, 2.75) is 6.92 Å². The highest BCUT2D eigenvalue weighted by atomic mass is 15.1. The molecule has 0 unspecified atom stereocenters. The smallest absolute Gasteiger partial charge is 0.0137 e. The van der Waals surface area contributed by atoms with Crippen molar-refractivity contribution in [1.82, 2.24) is 4.90 Å². The van der Waals surface area contributed by atoms with Crippen molar-refractivity contribution in [2.75, 3.05) is 13.6 Å². The van der Waals surface area contributed by atoms with E-state index in [1.807, 2.05) is 37.3 Å². The lowest BCUT2D eigenvalue weighted by atomic mass is 10.0. The van der Waals surface area contributed by atoms with Crippen molar-refractivity contribution in [3.8, 4) is 0 Å². The molecule has 0 atom stereocenters. The molecule has 0 aromatic heterocycles. The minimum absolute atomic E-state index is 0.595. The second-order valence-corrected chi connectivity index (χ2v) is 3.29. The Morgan fingerprint density at radius 3 is 3.00 bits per heavy atom. The zero-order valence-corrected chi connectivity index (χ0v) is 8.25. The van der Waals surface area contributed by atoms with E-state index in [1.54, 1.807) is 0 Å². The van der Waals surface area contributed by atoms with Gasteiger partial charge in [-0.25, -0.2) is 0 Å². The van der Waals surface area contributed by atoms with Gasteiger partial charge in [-0.2, -0.15) is 0 Å². The first-order chi connectivity index (χ1) is 6.13. The summed E-state index contributed by atoms with van der Waals surface area (Å²) in [5.41, 5.74) is 8.84. The van der Waals surface area contributed by atoms with Crippen molar-refractivity contribution in [1.29, 1.82) is 0 Å². The van der Waals surface area contributed by atoms with Crippen molar-refractivity contribution in [3.05, 3.63) is 47.9 Å². The maximum Gasteiger partial charge on any atom is 0.0137 e. The van der Waals surface area contributed by atoms with Gasteiger partial charge in [-0.1, -0.05) is 18.2 Å². The lowest BCUT2D eigenvalue weighted by Crippen LogP contribution is -2.07. The summed E-state index contributed by atoms with van der Waals surface area (Å²) in [6.45, 7) is 6.57. The summed E-state index contributed by atoms with van der Waals surface area (Å²) in [4.78, 5) is 2.00. The van der Waals surface area contributed by atoms with Crippen molar-refractivity contribution in [3.63, 3.8) is 0 Å². The second kappa shape index (κ2) is 4.10. The molecule has 13 heavy (non-hydrogen) atoms. The summed E-state index contributed by atoms with van der Waals surface area (Å²) in [5, 5.41) is 0. The van der Waals surface area contributed by atoms with Crippen LogP contribution in [0.4, 0.5) is 0 Å². The molecule has 2 nitrogen and oxygen atoms in total. The van der Waals surface area contributed by atoms with E-state index in [4.69, 9.17) is 5.73 Å². The van der Waals surface area contributed by atoms with Crippen molar-refractivity contribution >= 4 is 0 Å². The topological polar surface area (TPSA) is 29.3 Å². The number of nitrogens with zero attached hydrogens (tertiary/aromatic N) is 1. The second-order valence-electron chi connectivity index (χ2n) is 3.29. The van der Waals surface area contributed by atoms with Gasteiger partial charge in [0, 0.05) is 26.0 Å². The van der Waals surface area contributed by atoms with Gasteiger partial charge in [-0.15, -0.1) is 0 Å². The number of rotatable bonds is 2. The molecule has 0 radical (unpaired) electrons. The molecular weight excluding hydrogens is 160 g/mol. The molecule has 0 amide bonds. The maximum atomic E-state index is 5.51. The average molecular weight is 176 g/mol. The molecule has 1 aliphatic heterocycles. The summed E-state index contributed by atoms with van der Waals surface area (Å²) in [6.07, 6.45) is 8.09. The molecule has 0 aliphatic carbocycles. The number of nitrogens with two attached hydrogens (primary N) is 1. The van der Waals surface area contributed by atoms with Crippen LogP contribution in [0, 0.1) is 0 Å². The molecule has 1 heterocycles. The van der Waals surface area contributed by atoms with Gasteiger partial charge in [0.25, 0.3) is 0 Å². The highest BCUT2D eigenvalue weighted by Crippen LogP contribution is 2.17. The Labute approximate surface area is 79.7 Å². The largest absolute Gasteiger partial charge is 0.357 e. The first-order valence-electron chi connectivity index (χ1n) is 4.32. The molecule has 0 aromatic rings.